The van der Waals surface area contributed by atoms with E-state index in [2.05, 4.69) is 4.99 Å². The second-order valence-electron chi connectivity index (χ2n) is 5.33. The molecule has 7 heteroatoms. The summed E-state index contributed by atoms with van der Waals surface area (Å²) in [6.45, 7) is 3.98. The van der Waals surface area contributed by atoms with Crippen LogP contribution < -0.4 is 4.80 Å². The molecule has 0 aliphatic carbocycles. The largest absolute Gasteiger partial charge is 0.472 e. The minimum Gasteiger partial charge on any atom is -0.472 e. The molecular formula is C18H18N2O4S. The lowest BCUT2D eigenvalue weighted by molar-refractivity contribution is -0.147. The standard InChI is InChI=1S/C18H18N2O4S/c1-3-13(17(22)24-4-2)20-14-7-5-6-8-15(14)25-18(20)19-16(21)12-9-10-23-11-12/h5-11,13H,3-4H2,1-2H3/b19-18+. The molecule has 0 bridgehead atoms. The lowest BCUT2D eigenvalue weighted by Gasteiger charge is -2.16. The molecule has 3 rings (SSSR count). The maximum absolute atomic E-state index is 12.4. The summed E-state index contributed by atoms with van der Waals surface area (Å²) in [7, 11) is 0. The van der Waals surface area contributed by atoms with Crippen molar-refractivity contribution >= 4 is 33.4 Å². The number of ether oxygens (including phenoxy) is 1. The Hall–Kier alpha value is -2.67. The highest BCUT2D eigenvalue weighted by molar-refractivity contribution is 7.16. The fourth-order valence-corrected chi connectivity index (χ4v) is 3.67. The molecule has 6 nitrogen and oxygen atoms in total. The number of amides is 1. The van der Waals surface area contributed by atoms with Gasteiger partial charge in [0.2, 0.25) is 0 Å². The van der Waals surface area contributed by atoms with Crippen LogP contribution in [0.1, 0.15) is 36.7 Å². The number of benzene rings is 1. The molecule has 1 amide bonds. The fourth-order valence-electron chi connectivity index (χ4n) is 2.60. The van der Waals surface area contributed by atoms with Crippen LogP contribution in [-0.4, -0.2) is 23.1 Å². The highest BCUT2D eigenvalue weighted by Crippen LogP contribution is 2.23. The van der Waals surface area contributed by atoms with Crippen LogP contribution >= 0.6 is 11.3 Å². The van der Waals surface area contributed by atoms with Gasteiger partial charge < -0.3 is 13.7 Å². The molecule has 0 spiro atoms. The molecule has 3 aromatic rings. The highest BCUT2D eigenvalue weighted by Gasteiger charge is 2.23. The van der Waals surface area contributed by atoms with Gasteiger partial charge in [0.25, 0.3) is 5.91 Å². The van der Waals surface area contributed by atoms with Gasteiger partial charge in [-0.3, -0.25) is 4.79 Å². The average Bonchev–Trinajstić information content (AvgIpc) is 3.25. The van der Waals surface area contributed by atoms with Crippen molar-refractivity contribution in [3.8, 4) is 0 Å². The van der Waals surface area contributed by atoms with Crippen LogP contribution in [0.3, 0.4) is 0 Å². The first-order chi connectivity index (χ1) is 12.2. The molecule has 2 heterocycles. The quantitative estimate of drug-likeness (QED) is 0.654. The minimum absolute atomic E-state index is 0.304. The van der Waals surface area contributed by atoms with Crippen LogP contribution in [0.25, 0.3) is 10.2 Å². The SMILES string of the molecule is CCOC(=O)C(CC)n1/c(=N\C(=O)c2ccoc2)sc2ccccc21. The Morgan fingerprint density at radius 1 is 1.28 bits per heavy atom. The van der Waals surface area contributed by atoms with Gasteiger partial charge in [0.15, 0.2) is 4.80 Å². The van der Waals surface area contributed by atoms with Gasteiger partial charge in [-0.1, -0.05) is 30.4 Å². The van der Waals surface area contributed by atoms with Crippen molar-refractivity contribution in [2.45, 2.75) is 26.3 Å². The summed E-state index contributed by atoms with van der Waals surface area (Å²) in [4.78, 5) is 29.5. The smallest absolute Gasteiger partial charge is 0.329 e. The van der Waals surface area contributed by atoms with E-state index >= 15 is 0 Å². The fraction of sp³-hybridized carbons (Fsp3) is 0.278. The minimum atomic E-state index is -0.535. The van der Waals surface area contributed by atoms with E-state index in [4.69, 9.17) is 9.15 Å². The molecular weight excluding hydrogens is 340 g/mol. The number of nitrogens with zero attached hydrogens (tertiary/aromatic N) is 2. The maximum Gasteiger partial charge on any atom is 0.329 e. The zero-order valence-corrected chi connectivity index (χ0v) is 14.8. The maximum atomic E-state index is 12.4. The number of carbonyl (C=O) groups excluding carboxylic acids is 2. The molecule has 1 unspecified atom stereocenters. The van der Waals surface area contributed by atoms with E-state index in [1.54, 1.807) is 17.6 Å². The van der Waals surface area contributed by atoms with Crippen molar-refractivity contribution in [1.82, 2.24) is 4.57 Å². The van der Waals surface area contributed by atoms with Crippen LogP contribution in [0.4, 0.5) is 0 Å². The van der Waals surface area contributed by atoms with Crippen LogP contribution in [0.5, 0.6) is 0 Å². The second-order valence-corrected chi connectivity index (χ2v) is 6.34. The van der Waals surface area contributed by atoms with E-state index in [0.717, 1.165) is 10.2 Å². The third-order valence-electron chi connectivity index (χ3n) is 3.75. The molecule has 0 fully saturated rings. The Bertz CT molecular complexity index is 953. The first-order valence-electron chi connectivity index (χ1n) is 8.03. The predicted octanol–water partition coefficient (Wildman–Crippen LogP) is 3.55. The van der Waals surface area contributed by atoms with Crippen molar-refractivity contribution in [3.63, 3.8) is 0 Å². The first-order valence-corrected chi connectivity index (χ1v) is 8.85. The number of hydrogen-bond acceptors (Lipinski definition) is 5. The number of aromatic nitrogens is 1. The third-order valence-corrected chi connectivity index (χ3v) is 4.79. The zero-order valence-electron chi connectivity index (χ0n) is 14.0. The number of thiazole rings is 1. The van der Waals surface area contributed by atoms with Crippen LogP contribution in [0.2, 0.25) is 0 Å². The van der Waals surface area contributed by atoms with E-state index in [1.807, 2.05) is 31.2 Å². The normalized spacial score (nSPS) is 13.1. The summed E-state index contributed by atoms with van der Waals surface area (Å²) in [5.74, 6) is -0.737. The molecule has 0 aliphatic heterocycles. The van der Waals surface area contributed by atoms with Crippen molar-refractivity contribution in [3.05, 3.63) is 53.2 Å². The molecule has 0 radical (unpaired) electrons. The van der Waals surface area contributed by atoms with Gasteiger partial charge in [-0.15, -0.1) is 0 Å². The molecule has 1 atom stereocenters. The molecule has 25 heavy (non-hydrogen) atoms. The summed E-state index contributed by atoms with van der Waals surface area (Å²) in [6, 6.07) is 8.69. The summed E-state index contributed by atoms with van der Waals surface area (Å²) < 4.78 is 12.9. The lowest BCUT2D eigenvalue weighted by Crippen LogP contribution is -2.29. The number of para-hydroxylation sites is 1. The summed E-state index contributed by atoms with van der Waals surface area (Å²) in [6.07, 6.45) is 3.31. The number of rotatable bonds is 5. The molecule has 2 aromatic heterocycles. The van der Waals surface area contributed by atoms with Crippen LogP contribution in [-0.2, 0) is 9.53 Å². The number of furan rings is 1. The van der Waals surface area contributed by atoms with Crippen LogP contribution in [0.15, 0.2) is 52.3 Å². The van der Waals surface area contributed by atoms with E-state index in [1.165, 1.54) is 23.9 Å². The van der Waals surface area contributed by atoms with Gasteiger partial charge >= 0.3 is 5.97 Å². The Morgan fingerprint density at radius 2 is 2.08 bits per heavy atom. The van der Waals surface area contributed by atoms with Gasteiger partial charge in [0.05, 0.1) is 28.7 Å². The van der Waals surface area contributed by atoms with Crippen molar-refractivity contribution in [2.75, 3.05) is 6.61 Å². The Morgan fingerprint density at radius 3 is 2.76 bits per heavy atom. The first kappa shape index (κ1) is 17.2. The molecule has 0 N–H and O–H groups in total. The third kappa shape index (κ3) is 3.41. The molecule has 0 saturated carbocycles. The van der Waals surface area contributed by atoms with Crippen LogP contribution in [0, 0.1) is 0 Å². The lowest BCUT2D eigenvalue weighted by atomic mass is 10.2. The number of carbonyl (C=O) groups is 2. The second kappa shape index (κ2) is 7.48. The average molecular weight is 358 g/mol. The molecule has 0 aliphatic rings. The zero-order chi connectivity index (χ0) is 17.8. The van der Waals surface area contributed by atoms with Gasteiger partial charge in [-0.25, -0.2) is 4.79 Å². The van der Waals surface area contributed by atoms with Crippen molar-refractivity contribution < 1.29 is 18.7 Å². The Balaban J connectivity index is 2.18. The number of esters is 1. The van der Waals surface area contributed by atoms with E-state index < -0.39 is 11.9 Å². The summed E-state index contributed by atoms with van der Waals surface area (Å²) >= 11 is 1.37. The van der Waals surface area contributed by atoms with E-state index in [9.17, 15) is 9.59 Å². The van der Waals surface area contributed by atoms with Crippen molar-refractivity contribution in [1.29, 1.82) is 0 Å². The van der Waals surface area contributed by atoms with E-state index in [-0.39, 0.29) is 5.97 Å². The van der Waals surface area contributed by atoms with Gasteiger partial charge in [0.1, 0.15) is 12.3 Å². The van der Waals surface area contributed by atoms with Gasteiger partial charge in [-0.05, 0) is 31.5 Å². The molecule has 1 aromatic carbocycles. The molecule has 0 saturated heterocycles. The van der Waals surface area contributed by atoms with Crippen molar-refractivity contribution in [2.24, 2.45) is 4.99 Å². The number of fused-ring (bicyclic) bond motifs is 1. The highest BCUT2D eigenvalue weighted by atomic mass is 32.1. The van der Waals surface area contributed by atoms with E-state index in [0.29, 0.717) is 23.4 Å². The summed E-state index contributed by atoms with van der Waals surface area (Å²) in [5, 5.41) is 0. The van der Waals surface area contributed by atoms with Gasteiger partial charge in [0, 0.05) is 0 Å². The number of hydrogen-bond donors (Lipinski definition) is 0. The Kier molecular flexibility index (Phi) is 5.14. The topological polar surface area (TPSA) is 73.8 Å². The predicted molar refractivity (Wildman–Crippen MR) is 94.4 cm³/mol. The molecule has 130 valence electrons. The summed E-state index contributed by atoms with van der Waals surface area (Å²) in [5.41, 5.74) is 1.22. The van der Waals surface area contributed by atoms with Gasteiger partial charge in [-0.2, -0.15) is 4.99 Å². The Labute approximate surface area is 148 Å². The monoisotopic (exact) mass is 358 g/mol.